The molecule has 0 aliphatic heterocycles. The van der Waals surface area contributed by atoms with Crippen molar-refractivity contribution in [2.75, 3.05) is 0 Å². The number of hydrogen-bond donors (Lipinski definition) is 1. The van der Waals surface area contributed by atoms with E-state index in [1.165, 1.54) is 0 Å². The molecule has 0 fully saturated rings. The Labute approximate surface area is 94.7 Å². The molecule has 3 nitrogen and oxygen atoms in total. The lowest BCUT2D eigenvalue weighted by Crippen LogP contribution is -2.25. The van der Waals surface area contributed by atoms with Crippen LogP contribution in [0.1, 0.15) is 13.8 Å². The summed E-state index contributed by atoms with van der Waals surface area (Å²) in [5.74, 6) is 0.763. The molecular weight excluding hydrogens is 202 g/mol. The van der Waals surface area contributed by atoms with Crippen molar-refractivity contribution in [1.29, 1.82) is 0 Å². The van der Waals surface area contributed by atoms with Crippen molar-refractivity contribution in [3.8, 4) is 5.75 Å². The highest BCUT2D eigenvalue weighted by Crippen LogP contribution is 2.24. The fourth-order valence-electron chi connectivity index (χ4n) is 1.48. The molecule has 0 spiro atoms. The number of hydrogen-bond acceptors (Lipinski definition) is 3. The molecule has 0 aliphatic rings. The lowest BCUT2D eigenvalue weighted by atomic mass is 10.2. The van der Waals surface area contributed by atoms with Crippen molar-refractivity contribution in [1.82, 2.24) is 4.98 Å². The van der Waals surface area contributed by atoms with E-state index in [9.17, 15) is 5.11 Å². The Balaban J connectivity index is 2.37. The average molecular weight is 217 g/mol. The largest absolute Gasteiger partial charge is 0.487 e. The Morgan fingerprint density at radius 3 is 2.75 bits per heavy atom. The first kappa shape index (κ1) is 10.9. The molecule has 0 amide bonds. The summed E-state index contributed by atoms with van der Waals surface area (Å²) in [6.45, 7) is 3.56. The molecule has 84 valence electrons. The van der Waals surface area contributed by atoms with Crippen LogP contribution in [0.2, 0.25) is 0 Å². The second-order valence-electron chi connectivity index (χ2n) is 3.89. The summed E-state index contributed by atoms with van der Waals surface area (Å²) in [5, 5.41) is 10.4. The van der Waals surface area contributed by atoms with Gasteiger partial charge in [0.15, 0.2) is 0 Å². The monoisotopic (exact) mass is 217 g/mol. The van der Waals surface area contributed by atoms with Gasteiger partial charge in [0, 0.05) is 11.6 Å². The second-order valence-corrected chi connectivity index (χ2v) is 3.89. The maximum Gasteiger partial charge on any atom is 0.129 e. The Hall–Kier alpha value is -1.61. The first-order valence-electron chi connectivity index (χ1n) is 5.37. The van der Waals surface area contributed by atoms with E-state index < -0.39 is 6.10 Å². The van der Waals surface area contributed by atoms with Gasteiger partial charge in [-0.15, -0.1) is 0 Å². The summed E-state index contributed by atoms with van der Waals surface area (Å²) >= 11 is 0. The number of fused-ring (bicyclic) bond motifs is 1. The van der Waals surface area contributed by atoms with Crippen LogP contribution in [-0.2, 0) is 0 Å². The van der Waals surface area contributed by atoms with Crippen molar-refractivity contribution in [3.63, 3.8) is 0 Å². The fourth-order valence-corrected chi connectivity index (χ4v) is 1.48. The van der Waals surface area contributed by atoms with Gasteiger partial charge >= 0.3 is 0 Å². The molecule has 1 aromatic carbocycles. The highest BCUT2D eigenvalue weighted by Gasteiger charge is 2.11. The molecule has 0 saturated carbocycles. The molecule has 0 saturated heterocycles. The molecule has 0 bridgehead atoms. The minimum atomic E-state index is -0.494. The van der Waals surface area contributed by atoms with Crippen LogP contribution in [0.3, 0.4) is 0 Å². The molecule has 2 rings (SSSR count). The molecule has 2 aromatic rings. The quantitative estimate of drug-likeness (QED) is 0.858. The van der Waals surface area contributed by atoms with Crippen molar-refractivity contribution in [2.24, 2.45) is 0 Å². The van der Waals surface area contributed by atoms with E-state index >= 15 is 0 Å². The zero-order valence-electron chi connectivity index (χ0n) is 9.42. The summed E-state index contributed by atoms with van der Waals surface area (Å²) < 4.78 is 5.70. The Morgan fingerprint density at radius 1 is 1.19 bits per heavy atom. The van der Waals surface area contributed by atoms with Gasteiger partial charge in [0.1, 0.15) is 11.9 Å². The molecule has 1 aromatic heterocycles. The van der Waals surface area contributed by atoms with E-state index in [4.69, 9.17) is 4.74 Å². The highest BCUT2D eigenvalue weighted by atomic mass is 16.5. The molecule has 0 aliphatic carbocycles. The number of aliphatic hydroxyl groups excluding tert-OH is 1. The summed E-state index contributed by atoms with van der Waals surface area (Å²) in [4.78, 5) is 4.25. The number of ether oxygens (including phenoxy) is 1. The van der Waals surface area contributed by atoms with Gasteiger partial charge in [-0.3, -0.25) is 4.98 Å². The van der Waals surface area contributed by atoms with Crippen LogP contribution in [0.4, 0.5) is 0 Å². The van der Waals surface area contributed by atoms with Crippen molar-refractivity contribution in [3.05, 3.63) is 36.5 Å². The summed E-state index contributed by atoms with van der Waals surface area (Å²) in [6.07, 6.45) is 1.03. The SMILES string of the molecule is CC(O)C(C)Oc1cccc2ncccc12. The maximum absolute atomic E-state index is 9.41. The highest BCUT2D eigenvalue weighted by molar-refractivity contribution is 5.84. The molecule has 2 unspecified atom stereocenters. The molecule has 16 heavy (non-hydrogen) atoms. The van der Waals surface area contributed by atoms with E-state index in [0.29, 0.717) is 0 Å². The van der Waals surface area contributed by atoms with Crippen LogP contribution in [0.25, 0.3) is 10.9 Å². The lowest BCUT2D eigenvalue weighted by molar-refractivity contribution is 0.0614. The number of nitrogens with zero attached hydrogens (tertiary/aromatic N) is 1. The summed E-state index contributed by atoms with van der Waals surface area (Å²) in [7, 11) is 0. The van der Waals surface area contributed by atoms with E-state index in [0.717, 1.165) is 16.7 Å². The minimum Gasteiger partial charge on any atom is -0.487 e. The molecule has 3 heteroatoms. The zero-order valence-corrected chi connectivity index (χ0v) is 9.42. The number of rotatable bonds is 3. The molecule has 0 radical (unpaired) electrons. The van der Waals surface area contributed by atoms with Crippen molar-refractivity contribution >= 4 is 10.9 Å². The van der Waals surface area contributed by atoms with Gasteiger partial charge in [-0.1, -0.05) is 6.07 Å². The van der Waals surface area contributed by atoms with E-state index in [1.54, 1.807) is 13.1 Å². The fraction of sp³-hybridized carbons (Fsp3) is 0.308. The Bertz CT molecular complexity index is 477. The van der Waals surface area contributed by atoms with Crippen molar-refractivity contribution < 1.29 is 9.84 Å². The standard InChI is InChI=1S/C13H15NO2/c1-9(15)10(2)16-13-7-3-6-12-11(13)5-4-8-14-12/h3-10,15H,1-2H3. The first-order chi connectivity index (χ1) is 7.68. The Morgan fingerprint density at radius 2 is 2.00 bits per heavy atom. The van der Waals surface area contributed by atoms with Gasteiger partial charge in [0.25, 0.3) is 0 Å². The van der Waals surface area contributed by atoms with Crippen LogP contribution in [0, 0.1) is 0 Å². The third-order valence-electron chi connectivity index (χ3n) is 2.60. The van der Waals surface area contributed by atoms with Gasteiger partial charge in [0.05, 0.1) is 11.6 Å². The normalized spacial score (nSPS) is 14.7. The number of pyridine rings is 1. The number of benzene rings is 1. The molecule has 1 heterocycles. The summed E-state index contributed by atoms with van der Waals surface area (Å²) in [5.41, 5.74) is 0.901. The Kier molecular flexibility index (Phi) is 3.06. The third-order valence-corrected chi connectivity index (χ3v) is 2.60. The predicted molar refractivity (Wildman–Crippen MR) is 63.5 cm³/mol. The number of aromatic nitrogens is 1. The summed E-state index contributed by atoms with van der Waals surface area (Å²) in [6, 6.07) is 9.58. The van der Waals surface area contributed by atoms with Crippen LogP contribution in [0.5, 0.6) is 5.75 Å². The lowest BCUT2D eigenvalue weighted by Gasteiger charge is -2.18. The molecular formula is C13H15NO2. The zero-order chi connectivity index (χ0) is 11.5. The minimum absolute atomic E-state index is 0.231. The smallest absolute Gasteiger partial charge is 0.129 e. The van der Waals surface area contributed by atoms with Crippen LogP contribution in [-0.4, -0.2) is 22.3 Å². The van der Waals surface area contributed by atoms with Crippen molar-refractivity contribution in [2.45, 2.75) is 26.1 Å². The molecule has 1 N–H and O–H groups in total. The van der Waals surface area contributed by atoms with E-state index in [1.807, 2.05) is 37.3 Å². The predicted octanol–water partition coefficient (Wildman–Crippen LogP) is 2.38. The van der Waals surface area contributed by atoms with Gasteiger partial charge < -0.3 is 9.84 Å². The van der Waals surface area contributed by atoms with Crippen LogP contribution < -0.4 is 4.74 Å². The van der Waals surface area contributed by atoms with Gasteiger partial charge in [-0.2, -0.15) is 0 Å². The number of aliphatic hydroxyl groups is 1. The van der Waals surface area contributed by atoms with Gasteiger partial charge in [0.2, 0.25) is 0 Å². The average Bonchev–Trinajstić information content (AvgIpc) is 2.29. The van der Waals surface area contributed by atoms with E-state index in [2.05, 4.69) is 4.98 Å². The third kappa shape index (κ3) is 2.14. The second kappa shape index (κ2) is 4.49. The van der Waals surface area contributed by atoms with Gasteiger partial charge in [-0.05, 0) is 38.1 Å². The topological polar surface area (TPSA) is 42.4 Å². The van der Waals surface area contributed by atoms with Crippen LogP contribution >= 0.6 is 0 Å². The molecule has 2 atom stereocenters. The van der Waals surface area contributed by atoms with E-state index in [-0.39, 0.29) is 6.10 Å². The first-order valence-corrected chi connectivity index (χ1v) is 5.37. The van der Waals surface area contributed by atoms with Crippen LogP contribution in [0.15, 0.2) is 36.5 Å². The maximum atomic E-state index is 9.41. The van der Waals surface area contributed by atoms with Gasteiger partial charge in [-0.25, -0.2) is 0 Å².